The van der Waals surface area contributed by atoms with Gasteiger partial charge in [-0.3, -0.25) is 4.79 Å². The molecule has 0 unspecified atom stereocenters. The van der Waals surface area contributed by atoms with Crippen molar-refractivity contribution in [1.82, 2.24) is 5.32 Å². The third-order valence-electron chi connectivity index (χ3n) is 1.12. The van der Waals surface area contributed by atoms with Crippen molar-refractivity contribution in [2.75, 3.05) is 6.54 Å². The van der Waals surface area contributed by atoms with Gasteiger partial charge in [0.15, 0.2) is 0 Å². The topological polar surface area (TPSA) is 29.1 Å². The Morgan fingerprint density at radius 1 is 1.33 bits per heavy atom. The van der Waals surface area contributed by atoms with Crippen molar-refractivity contribution in [3.63, 3.8) is 0 Å². The van der Waals surface area contributed by atoms with Gasteiger partial charge < -0.3 is 5.32 Å². The van der Waals surface area contributed by atoms with E-state index in [1.807, 2.05) is 0 Å². The van der Waals surface area contributed by atoms with Gasteiger partial charge in [0.25, 0.3) is 0 Å². The van der Waals surface area contributed by atoms with Gasteiger partial charge in [-0.15, -0.1) is 0 Å². The molecule has 2 radical (unpaired) electrons. The highest BCUT2D eigenvalue weighted by atomic mass is 16.1. The number of nitrogens with one attached hydrogen (secondary N) is 1. The Morgan fingerprint density at radius 2 is 2.11 bits per heavy atom. The van der Waals surface area contributed by atoms with Crippen LogP contribution in [0.1, 0.15) is 25.7 Å². The molecule has 0 saturated heterocycles. The zero-order valence-electron chi connectivity index (χ0n) is 5.65. The molecule has 0 saturated carbocycles. The molecule has 2 heteroatoms. The fourth-order valence-corrected chi connectivity index (χ4v) is 0.618. The van der Waals surface area contributed by atoms with Crippen LogP contribution in [0.4, 0.5) is 0 Å². The molecule has 0 aliphatic carbocycles. The number of carbonyl (C=O) groups excluding carboxylic acids is 1. The van der Waals surface area contributed by atoms with E-state index in [-0.39, 0.29) is 0 Å². The number of hydrogen-bond acceptors (Lipinski definition) is 1. The monoisotopic (exact) mass is 127 g/mol. The van der Waals surface area contributed by atoms with E-state index in [2.05, 4.69) is 12.2 Å². The Hall–Kier alpha value is -0.530. The molecule has 0 aliphatic heterocycles. The standard InChI is InChI=1S/C7H13NO/c1-2-3-4-5-6-8-7-9/h1-6H2,(H,8,9). The molecule has 0 atom stereocenters. The highest BCUT2D eigenvalue weighted by Crippen LogP contribution is 1.95. The molecule has 0 spiro atoms. The summed E-state index contributed by atoms with van der Waals surface area (Å²) in [5.41, 5.74) is 0. The smallest absolute Gasteiger partial charge is 0.309 e. The van der Waals surface area contributed by atoms with Crippen LogP contribution < -0.4 is 5.32 Å². The number of rotatable bonds is 6. The van der Waals surface area contributed by atoms with Gasteiger partial charge in [-0.05, 0) is 6.42 Å². The van der Waals surface area contributed by atoms with Gasteiger partial charge in [0.2, 0.25) is 0 Å². The van der Waals surface area contributed by atoms with Crippen LogP contribution in [0.25, 0.3) is 0 Å². The predicted octanol–water partition coefficient (Wildman–Crippen LogP) is 1.04. The zero-order chi connectivity index (χ0) is 6.95. The van der Waals surface area contributed by atoms with Crippen molar-refractivity contribution in [2.45, 2.75) is 25.7 Å². The van der Waals surface area contributed by atoms with Gasteiger partial charge in [-0.2, -0.15) is 0 Å². The minimum absolute atomic E-state index is 0.753. The Balaban J connectivity index is 2.66. The summed E-state index contributed by atoms with van der Waals surface area (Å²) in [6.45, 7) is 4.46. The number of hydrogen-bond donors (Lipinski definition) is 1. The van der Waals surface area contributed by atoms with Crippen LogP contribution >= 0.6 is 0 Å². The second kappa shape index (κ2) is 7.47. The highest BCUT2D eigenvalue weighted by Gasteiger charge is 1.84. The first-order valence-electron chi connectivity index (χ1n) is 3.31. The molecular formula is C7H13NO. The third-order valence-corrected chi connectivity index (χ3v) is 1.12. The summed E-state index contributed by atoms with van der Waals surface area (Å²) >= 11 is 0. The van der Waals surface area contributed by atoms with E-state index in [1.54, 1.807) is 6.41 Å². The quantitative estimate of drug-likeness (QED) is 0.419. The summed E-state index contributed by atoms with van der Waals surface area (Å²) in [6.07, 6.45) is 5.97. The van der Waals surface area contributed by atoms with Crippen LogP contribution in [0.15, 0.2) is 0 Å². The summed E-state index contributed by atoms with van der Waals surface area (Å²) in [6, 6.07) is 0. The Bertz CT molecular complexity index is 63.9. The van der Waals surface area contributed by atoms with E-state index < -0.39 is 0 Å². The summed E-state index contributed by atoms with van der Waals surface area (Å²) in [5.74, 6) is 0. The maximum absolute atomic E-state index is 9.59. The molecule has 0 aromatic rings. The maximum Gasteiger partial charge on any atom is 0.309 e. The zero-order valence-corrected chi connectivity index (χ0v) is 5.65. The molecule has 0 aliphatic rings. The lowest BCUT2D eigenvalue weighted by Crippen LogP contribution is -2.11. The van der Waals surface area contributed by atoms with E-state index in [1.165, 1.54) is 0 Å². The molecule has 0 heterocycles. The first-order valence-corrected chi connectivity index (χ1v) is 3.31. The molecule has 0 fully saturated rings. The molecular weight excluding hydrogens is 114 g/mol. The Kier molecular flexibility index (Phi) is 7.03. The average molecular weight is 127 g/mol. The van der Waals surface area contributed by atoms with Gasteiger partial charge >= 0.3 is 6.41 Å². The molecule has 0 rings (SSSR count). The van der Waals surface area contributed by atoms with Gasteiger partial charge in [-0.1, -0.05) is 26.2 Å². The molecule has 0 aromatic carbocycles. The van der Waals surface area contributed by atoms with Gasteiger partial charge in [-0.25, -0.2) is 0 Å². The van der Waals surface area contributed by atoms with Crippen molar-refractivity contribution in [2.24, 2.45) is 0 Å². The first kappa shape index (κ1) is 8.47. The van der Waals surface area contributed by atoms with Crippen molar-refractivity contribution >= 4 is 6.41 Å². The second-order valence-electron chi connectivity index (χ2n) is 1.94. The number of unbranched alkanes of at least 4 members (excludes halogenated alkanes) is 3. The van der Waals surface area contributed by atoms with Crippen molar-refractivity contribution in [3.05, 3.63) is 6.92 Å². The molecule has 9 heavy (non-hydrogen) atoms. The van der Waals surface area contributed by atoms with E-state index in [0.717, 1.165) is 32.2 Å². The van der Waals surface area contributed by atoms with Crippen LogP contribution in [-0.4, -0.2) is 13.0 Å². The van der Waals surface area contributed by atoms with E-state index >= 15 is 0 Å². The Labute approximate surface area is 56.6 Å². The molecule has 0 aromatic heterocycles. The molecule has 1 amide bonds. The fraction of sp³-hybridized carbons (Fsp3) is 0.714. The van der Waals surface area contributed by atoms with Crippen LogP contribution in [-0.2, 0) is 4.79 Å². The van der Waals surface area contributed by atoms with E-state index in [9.17, 15) is 4.79 Å². The second-order valence-corrected chi connectivity index (χ2v) is 1.94. The minimum Gasteiger partial charge on any atom is -0.348 e. The summed E-state index contributed by atoms with van der Waals surface area (Å²) in [7, 11) is 0. The molecule has 2 nitrogen and oxygen atoms in total. The van der Waals surface area contributed by atoms with Crippen LogP contribution in [0.5, 0.6) is 0 Å². The lowest BCUT2D eigenvalue weighted by atomic mass is 10.2. The molecule has 0 bridgehead atoms. The van der Waals surface area contributed by atoms with Gasteiger partial charge in [0.1, 0.15) is 0 Å². The van der Waals surface area contributed by atoms with Crippen LogP contribution in [0.2, 0.25) is 0 Å². The lowest BCUT2D eigenvalue weighted by molar-refractivity contribution is 0.538. The van der Waals surface area contributed by atoms with Crippen molar-refractivity contribution in [1.29, 1.82) is 0 Å². The normalized spacial score (nSPS) is 9.00. The van der Waals surface area contributed by atoms with Gasteiger partial charge in [0, 0.05) is 6.54 Å². The third kappa shape index (κ3) is 7.47. The molecule has 52 valence electrons. The number of amides is 1. The maximum atomic E-state index is 9.59. The average Bonchev–Trinajstić information content (AvgIpc) is 1.89. The first-order chi connectivity index (χ1) is 4.41. The summed E-state index contributed by atoms with van der Waals surface area (Å²) in [5, 5.41) is 2.48. The summed E-state index contributed by atoms with van der Waals surface area (Å²) in [4.78, 5) is 9.59. The highest BCUT2D eigenvalue weighted by molar-refractivity contribution is 5.46. The van der Waals surface area contributed by atoms with Crippen LogP contribution in [0.3, 0.4) is 0 Å². The van der Waals surface area contributed by atoms with Crippen molar-refractivity contribution in [3.8, 4) is 0 Å². The lowest BCUT2D eigenvalue weighted by Gasteiger charge is -1.95. The van der Waals surface area contributed by atoms with Crippen molar-refractivity contribution < 1.29 is 4.79 Å². The Morgan fingerprint density at radius 3 is 2.67 bits per heavy atom. The summed E-state index contributed by atoms with van der Waals surface area (Å²) < 4.78 is 0. The van der Waals surface area contributed by atoms with Gasteiger partial charge in [0.05, 0.1) is 0 Å². The SMILES string of the molecule is [CH2]CCCCCN[C]=O. The van der Waals surface area contributed by atoms with E-state index in [4.69, 9.17) is 0 Å². The largest absolute Gasteiger partial charge is 0.348 e. The van der Waals surface area contributed by atoms with E-state index in [0.29, 0.717) is 0 Å². The molecule has 1 N–H and O–H groups in total. The van der Waals surface area contributed by atoms with Crippen LogP contribution in [0, 0.1) is 6.92 Å². The fourth-order valence-electron chi connectivity index (χ4n) is 0.618. The predicted molar refractivity (Wildman–Crippen MR) is 37.5 cm³/mol. The minimum atomic E-state index is 0.753.